The van der Waals surface area contributed by atoms with Gasteiger partial charge in [0.05, 0.1) is 0 Å². The molecule has 0 rings (SSSR count). The molecule has 0 saturated carbocycles. The first-order chi connectivity index (χ1) is 40.5. The van der Waals surface area contributed by atoms with E-state index in [2.05, 4.69) is 191 Å². The van der Waals surface area contributed by atoms with Crippen molar-refractivity contribution in [2.24, 2.45) is 0 Å². The second-order valence-electron chi connectivity index (χ2n) is 21.3. The maximum absolute atomic E-state index is 12.9. The molecule has 1 unspecified atom stereocenters. The summed E-state index contributed by atoms with van der Waals surface area (Å²) in [6.45, 7) is 6.33. The minimum Gasteiger partial charge on any atom is -0.462 e. The van der Waals surface area contributed by atoms with E-state index in [9.17, 15) is 14.4 Å². The molecule has 0 aromatic rings. The van der Waals surface area contributed by atoms with E-state index in [1.807, 2.05) is 0 Å². The molecule has 82 heavy (non-hydrogen) atoms. The van der Waals surface area contributed by atoms with Crippen LogP contribution in [-0.2, 0) is 28.6 Å². The quantitative estimate of drug-likeness (QED) is 0.0261. The van der Waals surface area contributed by atoms with Crippen LogP contribution in [0.2, 0.25) is 0 Å². The fraction of sp³-hybridized carbons (Fsp3) is 0.592. The van der Waals surface area contributed by atoms with Gasteiger partial charge in [0, 0.05) is 19.3 Å². The van der Waals surface area contributed by atoms with E-state index in [1.54, 1.807) is 0 Å². The number of hydrogen-bond acceptors (Lipinski definition) is 6. The van der Waals surface area contributed by atoms with E-state index < -0.39 is 6.10 Å². The summed E-state index contributed by atoms with van der Waals surface area (Å²) in [5, 5.41) is 0. The molecule has 0 aromatic heterocycles. The van der Waals surface area contributed by atoms with Crippen LogP contribution in [0.4, 0.5) is 0 Å². The summed E-state index contributed by atoms with van der Waals surface area (Å²) in [6, 6.07) is 0. The van der Waals surface area contributed by atoms with Crippen LogP contribution in [0.1, 0.15) is 271 Å². The number of rotatable bonds is 58. The van der Waals surface area contributed by atoms with Gasteiger partial charge in [0.25, 0.3) is 0 Å². The van der Waals surface area contributed by atoms with Gasteiger partial charge in [0.15, 0.2) is 6.10 Å². The Bertz CT molecular complexity index is 1870. The number of hydrogen-bond donors (Lipinski definition) is 0. The lowest BCUT2D eigenvalue weighted by atomic mass is 10.1. The van der Waals surface area contributed by atoms with Gasteiger partial charge in [-0.15, -0.1) is 0 Å². The molecule has 1 atom stereocenters. The van der Waals surface area contributed by atoms with Crippen molar-refractivity contribution in [1.29, 1.82) is 0 Å². The Hall–Kier alpha value is -5.23. The van der Waals surface area contributed by atoms with Crippen LogP contribution in [0.3, 0.4) is 0 Å². The normalized spacial score (nSPS) is 13.3. The second-order valence-corrected chi connectivity index (χ2v) is 21.3. The zero-order chi connectivity index (χ0) is 59.2. The van der Waals surface area contributed by atoms with Gasteiger partial charge < -0.3 is 14.2 Å². The number of allylic oxidation sites excluding steroid dienone is 28. The predicted molar refractivity (Wildman–Crippen MR) is 357 cm³/mol. The molecule has 0 fully saturated rings. The van der Waals surface area contributed by atoms with Crippen molar-refractivity contribution in [2.75, 3.05) is 13.2 Å². The monoisotopic (exact) mass is 1130 g/mol. The minimum absolute atomic E-state index is 0.116. The van der Waals surface area contributed by atoms with E-state index in [-0.39, 0.29) is 37.5 Å². The van der Waals surface area contributed by atoms with Crippen molar-refractivity contribution in [3.8, 4) is 0 Å². The molecule has 460 valence electrons. The summed E-state index contributed by atoms with van der Waals surface area (Å²) in [7, 11) is 0. The van der Waals surface area contributed by atoms with E-state index in [0.717, 1.165) is 154 Å². The Labute approximate surface area is 504 Å². The predicted octanol–water partition coefficient (Wildman–Crippen LogP) is 23.0. The van der Waals surface area contributed by atoms with Gasteiger partial charge in [-0.1, -0.05) is 274 Å². The molecule has 0 bridgehead atoms. The van der Waals surface area contributed by atoms with Crippen LogP contribution >= 0.6 is 0 Å². The molecule has 0 saturated heterocycles. The highest BCUT2D eigenvalue weighted by Crippen LogP contribution is 2.14. The summed E-state index contributed by atoms with van der Waals surface area (Å²) in [6.07, 6.45) is 101. The first-order valence-corrected chi connectivity index (χ1v) is 33.1. The molecule has 0 N–H and O–H groups in total. The lowest BCUT2D eigenvalue weighted by molar-refractivity contribution is -0.167. The first kappa shape index (κ1) is 76.8. The highest BCUT2D eigenvalue weighted by atomic mass is 16.6. The standard InChI is InChI=1S/C76H120O6/c1-4-7-10-13-16-19-22-25-28-31-33-35-37-38-40-41-43-45-48-51-54-57-60-63-66-69-75(78)81-72-73(71-80-74(77)68-65-62-59-56-53-50-47-30-27-24-21-18-15-12-9-6-3)82-76(79)70-67-64-61-58-55-52-49-46-44-42-39-36-34-32-29-26-23-20-17-14-11-8-5-2/h7-8,10-11,16-17,19-21,24-26,28-30,33-36,38,40,42,44,47,49,52,58,61,73H,4-6,9,12-15,18,22-23,27,31-32,37,39,41,43,45-46,48,50-51,53-57,59-60,62-72H2,1-3H3/b10-7-,11-8-,19-16-,20-17-,24-21-,28-25-,29-26-,35-33-,36-34-,40-38-,44-42-,47-30-,52-49-,61-58-. The van der Waals surface area contributed by atoms with Crippen molar-refractivity contribution in [3.05, 3.63) is 170 Å². The van der Waals surface area contributed by atoms with E-state index in [1.165, 1.54) is 70.6 Å². The smallest absolute Gasteiger partial charge is 0.306 e. The summed E-state index contributed by atoms with van der Waals surface area (Å²) in [5.41, 5.74) is 0. The number of carbonyl (C=O) groups is 3. The lowest BCUT2D eigenvalue weighted by Crippen LogP contribution is -2.30. The van der Waals surface area contributed by atoms with Gasteiger partial charge in [-0.25, -0.2) is 0 Å². The van der Waals surface area contributed by atoms with E-state index in [4.69, 9.17) is 14.2 Å². The third kappa shape index (κ3) is 65.6. The minimum atomic E-state index is -0.828. The van der Waals surface area contributed by atoms with E-state index >= 15 is 0 Å². The zero-order valence-corrected chi connectivity index (χ0v) is 52.7. The van der Waals surface area contributed by atoms with Crippen molar-refractivity contribution < 1.29 is 28.6 Å². The Kier molecular flexibility index (Phi) is 63.9. The number of carbonyl (C=O) groups excluding carboxylic acids is 3. The molecule has 0 aliphatic heterocycles. The Balaban J connectivity index is 4.52. The van der Waals surface area contributed by atoms with Crippen molar-refractivity contribution in [3.63, 3.8) is 0 Å². The molecule has 0 radical (unpaired) electrons. The maximum atomic E-state index is 12.9. The molecule has 0 amide bonds. The second kappa shape index (κ2) is 68.3. The van der Waals surface area contributed by atoms with Gasteiger partial charge in [0.2, 0.25) is 0 Å². The highest BCUT2D eigenvalue weighted by Gasteiger charge is 2.19. The van der Waals surface area contributed by atoms with Crippen LogP contribution in [0, 0.1) is 0 Å². The molecular formula is C76H120O6. The average Bonchev–Trinajstić information content (AvgIpc) is 3.47. The van der Waals surface area contributed by atoms with Crippen LogP contribution in [0.15, 0.2) is 170 Å². The molecular weight excluding hydrogens is 1010 g/mol. The molecule has 6 heteroatoms. The SMILES string of the molecule is CC/C=C\C/C=C\C/C=C\C/C=C\C/C=C\C/C=C\C/C=C\CCCC(=O)OC(COC(=O)CCCCCCC/C=C\C/C=C\CCCCCC)COC(=O)CCCCCCCCCCC/C=C\C/C=C\C/C=C\C/C=C\C/C=C\CC. The Morgan fingerprint density at radius 2 is 0.488 bits per heavy atom. The lowest BCUT2D eigenvalue weighted by Gasteiger charge is -2.18. The van der Waals surface area contributed by atoms with Crippen LogP contribution in [0.25, 0.3) is 0 Å². The van der Waals surface area contributed by atoms with Crippen LogP contribution in [0.5, 0.6) is 0 Å². The molecule has 0 aliphatic carbocycles. The third-order valence-electron chi connectivity index (χ3n) is 13.4. The van der Waals surface area contributed by atoms with E-state index in [0.29, 0.717) is 19.3 Å². The summed E-state index contributed by atoms with van der Waals surface area (Å²) >= 11 is 0. The van der Waals surface area contributed by atoms with Crippen molar-refractivity contribution in [1.82, 2.24) is 0 Å². The fourth-order valence-electron chi connectivity index (χ4n) is 8.55. The highest BCUT2D eigenvalue weighted by molar-refractivity contribution is 5.71. The van der Waals surface area contributed by atoms with Gasteiger partial charge in [-0.2, -0.15) is 0 Å². The molecule has 0 heterocycles. The fourth-order valence-corrected chi connectivity index (χ4v) is 8.55. The van der Waals surface area contributed by atoms with Crippen LogP contribution in [-0.4, -0.2) is 37.2 Å². The molecule has 0 aromatic carbocycles. The van der Waals surface area contributed by atoms with Gasteiger partial charge in [-0.05, 0) is 148 Å². The van der Waals surface area contributed by atoms with Gasteiger partial charge in [-0.3, -0.25) is 14.4 Å². The first-order valence-electron chi connectivity index (χ1n) is 33.1. The largest absolute Gasteiger partial charge is 0.462 e. The molecule has 0 spiro atoms. The number of esters is 3. The Morgan fingerprint density at radius 1 is 0.256 bits per heavy atom. The number of unbranched alkanes of at least 4 members (excludes halogenated alkanes) is 19. The van der Waals surface area contributed by atoms with Crippen molar-refractivity contribution in [2.45, 2.75) is 277 Å². The molecule has 6 nitrogen and oxygen atoms in total. The molecule has 0 aliphatic rings. The van der Waals surface area contributed by atoms with Crippen molar-refractivity contribution >= 4 is 17.9 Å². The Morgan fingerprint density at radius 3 is 0.780 bits per heavy atom. The topological polar surface area (TPSA) is 78.9 Å². The summed E-state index contributed by atoms with van der Waals surface area (Å²) < 4.78 is 16.9. The zero-order valence-electron chi connectivity index (χ0n) is 52.7. The van der Waals surface area contributed by atoms with Gasteiger partial charge >= 0.3 is 17.9 Å². The number of ether oxygens (including phenoxy) is 3. The van der Waals surface area contributed by atoms with Gasteiger partial charge in [0.1, 0.15) is 13.2 Å². The summed E-state index contributed by atoms with van der Waals surface area (Å²) in [5.74, 6) is -0.999. The maximum Gasteiger partial charge on any atom is 0.306 e. The average molecular weight is 1130 g/mol. The summed E-state index contributed by atoms with van der Waals surface area (Å²) in [4.78, 5) is 38.4. The van der Waals surface area contributed by atoms with Crippen LogP contribution < -0.4 is 0 Å². The third-order valence-corrected chi connectivity index (χ3v) is 13.4.